The fraction of sp³-hybridized carbons (Fsp3) is 0.562. The van der Waals surface area contributed by atoms with Gasteiger partial charge in [0.15, 0.2) is 0 Å². The molecule has 2 atom stereocenters. The maximum atomic E-state index is 12.7. The first-order chi connectivity index (χ1) is 10.3. The highest BCUT2D eigenvalue weighted by atomic mass is 35.5. The Balaban J connectivity index is 0.00000264. The van der Waals surface area contributed by atoms with Crippen LogP contribution in [0, 0.1) is 0 Å². The number of rotatable bonds is 3. The minimum atomic E-state index is -4.35. The molecule has 2 unspecified atom stereocenters. The summed E-state index contributed by atoms with van der Waals surface area (Å²) in [5.41, 5.74) is -0.119. The number of halogens is 4. The molecule has 0 spiro atoms. The van der Waals surface area contributed by atoms with Gasteiger partial charge in [-0.25, -0.2) is 0 Å². The van der Waals surface area contributed by atoms with Crippen LogP contribution in [0.15, 0.2) is 24.3 Å². The minimum Gasteiger partial charge on any atom is -0.340 e. The second kappa shape index (κ2) is 8.02. The van der Waals surface area contributed by atoms with Crippen LogP contribution in [0.2, 0.25) is 0 Å². The summed E-state index contributed by atoms with van der Waals surface area (Å²) in [5, 5.41) is 3.26. The minimum absolute atomic E-state index is 0. The largest absolute Gasteiger partial charge is 0.416 e. The molecule has 0 bridgehead atoms. The van der Waals surface area contributed by atoms with Crippen LogP contribution in [-0.2, 0) is 11.0 Å². The summed E-state index contributed by atoms with van der Waals surface area (Å²) in [6.45, 7) is 5.85. The van der Waals surface area contributed by atoms with E-state index in [0.29, 0.717) is 18.7 Å². The van der Waals surface area contributed by atoms with Gasteiger partial charge in [-0.3, -0.25) is 4.79 Å². The molecule has 1 fully saturated rings. The molecule has 1 aromatic rings. The molecule has 1 aromatic carbocycles. The van der Waals surface area contributed by atoms with E-state index in [2.05, 4.69) is 5.32 Å². The molecule has 1 aliphatic heterocycles. The van der Waals surface area contributed by atoms with E-state index >= 15 is 0 Å². The molecule has 1 amide bonds. The molecule has 0 radical (unpaired) electrons. The summed E-state index contributed by atoms with van der Waals surface area (Å²) in [5.74, 6) is -0.238. The average Bonchev–Trinajstić information content (AvgIpc) is 2.46. The first-order valence-electron chi connectivity index (χ1n) is 7.45. The van der Waals surface area contributed by atoms with Crippen LogP contribution < -0.4 is 5.32 Å². The molecule has 1 aliphatic rings. The van der Waals surface area contributed by atoms with Crippen LogP contribution in [-0.4, -0.2) is 36.5 Å². The average molecular weight is 351 g/mol. The van der Waals surface area contributed by atoms with Gasteiger partial charge < -0.3 is 10.2 Å². The molecule has 3 nitrogen and oxygen atoms in total. The molecule has 1 heterocycles. The third-order valence-electron chi connectivity index (χ3n) is 3.99. The molecular weight excluding hydrogens is 329 g/mol. The summed E-state index contributed by atoms with van der Waals surface area (Å²) in [7, 11) is 0. The van der Waals surface area contributed by atoms with E-state index in [1.165, 1.54) is 6.07 Å². The van der Waals surface area contributed by atoms with Gasteiger partial charge in [-0.1, -0.05) is 25.1 Å². The van der Waals surface area contributed by atoms with Crippen molar-refractivity contribution in [2.24, 2.45) is 0 Å². The van der Waals surface area contributed by atoms with Gasteiger partial charge in [-0.05, 0) is 24.5 Å². The van der Waals surface area contributed by atoms with Crippen molar-refractivity contribution in [2.45, 2.75) is 38.4 Å². The highest BCUT2D eigenvalue weighted by molar-refractivity contribution is 5.85. The Hall–Kier alpha value is -1.27. The molecule has 23 heavy (non-hydrogen) atoms. The van der Waals surface area contributed by atoms with Crippen LogP contribution in [0.25, 0.3) is 0 Å². The van der Waals surface area contributed by atoms with E-state index in [9.17, 15) is 18.0 Å². The van der Waals surface area contributed by atoms with Crippen molar-refractivity contribution in [1.82, 2.24) is 10.2 Å². The lowest BCUT2D eigenvalue weighted by Gasteiger charge is -2.32. The van der Waals surface area contributed by atoms with Gasteiger partial charge in [-0.2, -0.15) is 13.2 Å². The fourth-order valence-corrected chi connectivity index (χ4v) is 2.69. The van der Waals surface area contributed by atoms with Crippen molar-refractivity contribution < 1.29 is 18.0 Å². The molecule has 0 aliphatic carbocycles. The van der Waals surface area contributed by atoms with Gasteiger partial charge >= 0.3 is 6.18 Å². The predicted molar refractivity (Wildman–Crippen MR) is 85.8 cm³/mol. The van der Waals surface area contributed by atoms with Crippen molar-refractivity contribution in [3.8, 4) is 0 Å². The van der Waals surface area contributed by atoms with Gasteiger partial charge in [0.2, 0.25) is 5.91 Å². The predicted octanol–water partition coefficient (Wildman–Crippen LogP) is 3.44. The standard InChI is InChI=1S/C16H21F3N2O.ClH/c1-11(8-15(22)21-7-6-20-12(2)10-21)13-4-3-5-14(9-13)16(17,18)19;/h3-5,9,11-12,20H,6-8,10H2,1-2H3;1H. The van der Waals surface area contributed by atoms with Gasteiger partial charge in [0.25, 0.3) is 0 Å². The second-order valence-electron chi connectivity index (χ2n) is 5.92. The first kappa shape index (κ1) is 19.8. The Bertz CT molecular complexity index is 536. The van der Waals surface area contributed by atoms with E-state index in [-0.39, 0.29) is 36.7 Å². The Labute approximate surface area is 140 Å². The molecule has 1 N–H and O–H groups in total. The van der Waals surface area contributed by atoms with E-state index < -0.39 is 11.7 Å². The topological polar surface area (TPSA) is 32.3 Å². The number of amides is 1. The Morgan fingerprint density at radius 1 is 1.43 bits per heavy atom. The van der Waals surface area contributed by atoms with Crippen LogP contribution >= 0.6 is 12.4 Å². The molecule has 0 saturated carbocycles. The number of carbonyl (C=O) groups is 1. The van der Waals surface area contributed by atoms with E-state index in [1.807, 2.05) is 6.92 Å². The fourth-order valence-electron chi connectivity index (χ4n) is 2.69. The number of hydrogen-bond donors (Lipinski definition) is 1. The Morgan fingerprint density at radius 3 is 2.74 bits per heavy atom. The lowest BCUT2D eigenvalue weighted by atomic mass is 9.95. The molecule has 7 heteroatoms. The van der Waals surface area contributed by atoms with Crippen LogP contribution in [0.1, 0.15) is 37.3 Å². The van der Waals surface area contributed by atoms with Crippen molar-refractivity contribution in [3.63, 3.8) is 0 Å². The molecule has 2 rings (SSSR count). The number of benzene rings is 1. The smallest absolute Gasteiger partial charge is 0.340 e. The Kier molecular flexibility index (Phi) is 6.89. The number of piperazine rings is 1. The lowest BCUT2D eigenvalue weighted by molar-refractivity contribution is -0.137. The van der Waals surface area contributed by atoms with Gasteiger partial charge in [0, 0.05) is 32.1 Å². The highest BCUT2D eigenvalue weighted by Crippen LogP contribution is 2.31. The monoisotopic (exact) mass is 350 g/mol. The number of nitrogens with one attached hydrogen (secondary N) is 1. The zero-order chi connectivity index (χ0) is 16.3. The maximum Gasteiger partial charge on any atom is 0.416 e. The second-order valence-corrected chi connectivity index (χ2v) is 5.92. The van der Waals surface area contributed by atoms with Crippen molar-refractivity contribution >= 4 is 18.3 Å². The summed E-state index contributed by atoms with van der Waals surface area (Å²) in [6.07, 6.45) is -4.12. The number of carbonyl (C=O) groups excluding carboxylic acids is 1. The van der Waals surface area contributed by atoms with E-state index in [1.54, 1.807) is 17.9 Å². The summed E-state index contributed by atoms with van der Waals surface area (Å²) in [6, 6.07) is 5.48. The highest BCUT2D eigenvalue weighted by Gasteiger charge is 2.31. The summed E-state index contributed by atoms with van der Waals surface area (Å²) < 4.78 is 38.2. The number of alkyl halides is 3. The number of hydrogen-bond acceptors (Lipinski definition) is 2. The lowest BCUT2D eigenvalue weighted by Crippen LogP contribution is -2.51. The number of nitrogens with zero attached hydrogens (tertiary/aromatic N) is 1. The van der Waals surface area contributed by atoms with E-state index in [0.717, 1.165) is 18.7 Å². The van der Waals surface area contributed by atoms with Crippen molar-refractivity contribution in [2.75, 3.05) is 19.6 Å². The maximum absolute atomic E-state index is 12.7. The van der Waals surface area contributed by atoms with E-state index in [4.69, 9.17) is 0 Å². The zero-order valence-electron chi connectivity index (χ0n) is 13.2. The van der Waals surface area contributed by atoms with Gasteiger partial charge in [0.1, 0.15) is 0 Å². The molecule has 0 aromatic heterocycles. The first-order valence-corrected chi connectivity index (χ1v) is 7.45. The SMILES string of the molecule is CC1CN(C(=O)CC(C)c2cccc(C(F)(F)F)c2)CCN1.Cl. The Morgan fingerprint density at radius 2 is 2.13 bits per heavy atom. The summed E-state index contributed by atoms with van der Waals surface area (Å²) >= 11 is 0. The van der Waals surface area contributed by atoms with Crippen molar-refractivity contribution in [1.29, 1.82) is 0 Å². The van der Waals surface area contributed by atoms with Crippen LogP contribution in [0.4, 0.5) is 13.2 Å². The quantitative estimate of drug-likeness (QED) is 0.905. The van der Waals surface area contributed by atoms with Crippen LogP contribution in [0.5, 0.6) is 0 Å². The molecule has 130 valence electrons. The molecular formula is C16H22ClF3N2O. The van der Waals surface area contributed by atoms with Crippen molar-refractivity contribution in [3.05, 3.63) is 35.4 Å². The van der Waals surface area contributed by atoms with Gasteiger partial charge in [0.05, 0.1) is 5.56 Å². The van der Waals surface area contributed by atoms with Gasteiger partial charge in [-0.15, -0.1) is 12.4 Å². The third kappa shape index (κ3) is 5.39. The third-order valence-corrected chi connectivity index (χ3v) is 3.99. The normalized spacial score (nSPS) is 19.9. The van der Waals surface area contributed by atoms with Crippen LogP contribution in [0.3, 0.4) is 0 Å². The summed E-state index contributed by atoms with van der Waals surface area (Å²) in [4.78, 5) is 14.1. The molecule has 1 saturated heterocycles. The zero-order valence-corrected chi connectivity index (χ0v) is 14.0.